The maximum absolute atomic E-state index is 9.12. The van der Waals surface area contributed by atoms with E-state index in [1.165, 1.54) is 0 Å². The van der Waals surface area contributed by atoms with Crippen molar-refractivity contribution in [3.63, 3.8) is 0 Å². The highest BCUT2D eigenvalue weighted by Gasteiger charge is 2.13. The van der Waals surface area contributed by atoms with Gasteiger partial charge in [-0.3, -0.25) is 0 Å². The van der Waals surface area contributed by atoms with Crippen LogP contribution in [0.1, 0.15) is 34.6 Å². The van der Waals surface area contributed by atoms with E-state index in [0.29, 0.717) is 0 Å². The molecule has 0 heterocycles. The van der Waals surface area contributed by atoms with Crippen LogP contribution in [0.3, 0.4) is 0 Å². The van der Waals surface area contributed by atoms with E-state index in [-0.39, 0.29) is 5.54 Å². The Balaban J connectivity index is 4.01. The third kappa shape index (κ3) is 7.56. The van der Waals surface area contributed by atoms with Gasteiger partial charge in [-0.05, 0) is 34.6 Å². The fourth-order valence-corrected chi connectivity index (χ4v) is 0.272. The van der Waals surface area contributed by atoms with Crippen LogP contribution in [0.15, 0.2) is 10.2 Å². The van der Waals surface area contributed by atoms with E-state index in [9.17, 15) is 0 Å². The Bertz CT molecular complexity index is 112. The standard InChI is InChI=1S/C7H16N2O/c1-6(2,3)8-9-7(4,5)10/h10H,1-5H3. The van der Waals surface area contributed by atoms with Crippen molar-refractivity contribution >= 4 is 0 Å². The van der Waals surface area contributed by atoms with Gasteiger partial charge >= 0.3 is 0 Å². The molecular weight excluding hydrogens is 128 g/mol. The van der Waals surface area contributed by atoms with Crippen LogP contribution in [0.5, 0.6) is 0 Å². The highest BCUT2D eigenvalue weighted by atomic mass is 16.3. The average molecular weight is 144 g/mol. The van der Waals surface area contributed by atoms with Crippen molar-refractivity contribution in [2.45, 2.75) is 45.9 Å². The Morgan fingerprint density at radius 2 is 1.30 bits per heavy atom. The molecule has 0 saturated carbocycles. The van der Waals surface area contributed by atoms with Crippen LogP contribution in [-0.4, -0.2) is 16.4 Å². The van der Waals surface area contributed by atoms with Gasteiger partial charge in [-0.15, -0.1) is 0 Å². The molecule has 3 nitrogen and oxygen atoms in total. The van der Waals surface area contributed by atoms with Crippen molar-refractivity contribution in [2.75, 3.05) is 0 Å². The summed E-state index contributed by atoms with van der Waals surface area (Å²) in [5.74, 6) is 0. The smallest absolute Gasteiger partial charge is 0.170 e. The summed E-state index contributed by atoms with van der Waals surface area (Å²) in [4.78, 5) is 0. The van der Waals surface area contributed by atoms with Crippen LogP contribution in [-0.2, 0) is 0 Å². The van der Waals surface area contributed by atoms with E-state index in [1.807, 2.05) is 20.8 Å². The zero-order valence-electron chi connectivity index (χ0n) is 7.34. The summed E-state index contributed by atoms with van der Waals surface area (Å²) in [7, 11) is 0. The summed E-state index contributed by atoms with van der Waals surface area (Å²) in [5.41, 5.74) is -1.23. The van der Waals surface area contributed by atoms with E-state index in [2.05, 4.69) is 10.2 Å². The SMILES string of the molecule is CC(C)(C)N=NC(C)(C)O. The topological polar surface area (TPSA) is 45.0 Å². The molecule has 1 N–H and O–H groups in total. The van der Waals surface area contributed by atoms with E-state index in [4.69, 9.17) is 5.11 Å². The third-order valence-electron chi connectivity index (χ3n) is 0.595. The van der Waals surface area contributed by atoms with Crippen LogP contribution < -0.4 is 0 Å². The minimum Gasteiger partial charge on any atom is -0.368 e. The largest absolute Gasteiger partial charge is 0.368 e. The van der Waals surface area contributed by atoms with Crippen LogP contribution >= 0.6 is 0 Å². The van der Waals surface area contributed by atoms with Crippen molar-refractivity contribution in [3.05, 3.63) is 0 Å². The Morgan fingerprint density at radius 3 is 1.40 bits per heavy atom. The number of hydrogen-bond donors (Lipinski definition) is 1. The Hall–Kier alpha value is -0.440. The lowest BCUT2D eigenvalue weighted by Crippen LogP contribution is -2.17. The molecule has 0 rings (SSSR count). The zero-order valence-corrected chi connectivity index (χ0v) is 7.34. The van der Waals surface area contributed by atoms with E-state index in [1.54, 1.807) is 13.8 Å². The van der Waals surface area contributed by atoms with Gasteiger partial charge in [0.05, 0.1) is 5.54 Å². The molecule has 0 spiro atoms. The summed E-state index contributed by atoms with van der Waals surface area (Å²) in [6, 6.07) is 0. The molecule has 0 aliphatic heterocycles. The number of hydrogen-bond acceptors (Lipinski definition) is 3. The lowest BCUT2D eigenvalue weighted by molar-refractivity contribution is 0.0788. The van der Waals surface area contributed by atoms with Gasteiger partial charge in [-0.2, -0.15) is 10.2 Å². The van der Waals surface area contributed by atoms with Crippen molar-refractivity contribution in [1.29, 1.82) is 0 Å². The molecule has 0 aliphatic rings. The van der Waals surface area contributed by atoms with E-state index < -0.39 is 5.72 Å². The lowest BCUT2D eigenvalue weighted by Gasteiger charge is -2.14. The van der Waals surface area contributed by atoms with Crippen LogP contribution in [0.25, 0.3) is 0 Å². The van der Waals surface area contributed by atoms with Crippen molar-refractivity contribution < 1.29 is 5.11 Å². The predicted octanol–water partition coefficient (Wildman–Crippen LogP) is 1.97. The highest BCUT2D eigenvalue weighted by molar-refractivity contribution is 4.69. The van der Waals surface area contributed by atoms with Gasteiger partial charge in [0.2, 0.25) is 0 Å². The maximum atomic E-state index is 9.12. The number of nitrogens with zero attached hydrogens (tertiary/aromatic N) is 2. The normalized spacial score (nSPS) is 14.6. The quantitative estimate of drug-likeness (QED) is 0.562. The van der Waals surface area contributed by atoms with Crippen molar-refractivity contribution in [3.8, 4) is 0 Å². The number of azo groups is 1. The summed E-state index contributed by atoms with van der Waals surface area (Å²) >= 11 is 0. The van der Waals surface area contributed by atoms with Gasteiger partial charge in [-0.1, -0.05) is 0 Å². The van der Waals surface area contributed by atoms with Crippen LogP contribution in [0.4, 0.5) is 0 Å². The van der Waals surface area contributed by atoms with Gasteiger partial charge in [0, 0.05) is 0 Å². The van der Waals surface area contributed by atoms with Gasteiger partial charge in [0.25, 0.3) is 0 Å². The first-order chi connectivity index (χ1) is 4.21. The average Bonchev–Trinajstić information content (AvgIpc) is 1.57. The highest BCUT2D eigenvalue weighted by Crippen LogP contribution is 2.11. The molecule has 0 aromatic heterocycles. The molecular formula is C7H16N2O. The van der Waals surface area contributed by atoms with Crippen molar-refractivity contribution in [1.82, 2.24) is 0 Å². The molecule has 0 fully saturated rings. The second-order valence-electron chi connectivity index (χ2n) is 3.87. The molecule has 0 saturated heterocycles. The predicted molar refractivity (Wildman–Crippen MR) is 40.9 cm³/mol. The monoisotopic (exact) mass is 144 g/mol. The molecule has 0 aromatic rings. The molecule has 60 valence electrons. The van der Waals surface area contributed by atoms with Gasteiger partial charge in [0.15, 0.2) is 5.72 Å². The van der Waals surface area contributed by atoms with Crippen LogP contribution in [0.2, 0.25) is 0 Å². The minimum absolute atomic E-state index is 0.194. The van der Waals surface area contributed by atoms with Crippen molar-refractivity contribution in [2.24, 2.45) is 10.2 Å². The Kier molecular flexibility index (Phi) is 2.54. The fourth-order valence-electron chi connectivity index (χ4n) is 0.272. The molecule has 0 amide bonds. The van der Waals surface area contributed by atoms with E-state index in [0.717, 1.165) is 0 Å². The van der Waals surface area contributed by atoms with Gasteiger partial charge in [0.1, 0.15) is 0 Å². The summed E-state index contributed by atoms with van der Waals surface area (Å²) in [6.07, 6.45) is 0. The first kappa shape index (κ1) is 9.56. The Morgan fingerprint density at radius 1 is 0.900 bits per heavy atom. The molecule has 3 heteroatoms. The first-order valence-corrected chi connectivity index (χ1v) is 3.37. The molecule has 0 aliphatic carbocycles. The minimum atomic E-state index is -1.03. The lowest BCUT2D eigenvalue weighted by atomic mass is 10.1. The maximum Gasteiger partial charge on any atom is 0.170 e. The van der Waals surface area contributed by atoms with Crippen LogP contribution in [0, 0.1) is 0 Å². The number of aliphatic hydroxyl groups is 1. The molecule has 10 heavy (non-hydrogen) atoms. The van der Waals surface area contributed by atoms with Gasteiger partial charge in [-0.25, -0.2) is 0 Å². The number of rotatable bonds is 1. The van der Waals surface area contributed by atoms with E-state index >= 15 is 0 Å². The zero-order chi connectivity index (χ0) is 8.41. The molecule has 0 unspecified atom stereocenters. The second kappa shape index (κ2) is 2.66. The molecule has 0 radical (unpaired) electrons. The Labute approximate surface area is 62.2 Å². The molecule has 0 bridgehead atoms. The molecule has 0 atom stereocenters. The third-order valence-corrected chi connectivity index (χ3v) is 0.595. The fraction of sp³-hybridized carbons (Fsp3) is 1.00. The summed E-state index contributed by atoms with van der Waals surface area (Å²) in [5, 5.41) is 16.7. The first-order valence-electron chi connectivity index (χ1n) is 3.37. The summed E-state index contributed by atoms with van der Waals surface area (Å²) in [6.45, 7) is 9.00. The molecule has 0 aromatic carbocycles. The van der Waals surface area contributed by atoms with Gasteiger partial charge < -0.3 is 5.11 Å². The summed E-state index contributed by atoms with van der Waals surface area (Å²) < 4.78 is 0. The second-order valence-corrected chi connectivity index (χ2v) is 3.87.